The number of carbonyl (C=O) groups is 2. The van der Waals surface area contributed by atoms with E-state index in [1.54, 1.807) is 0 Å². The summed E-state index contributed by atoms with van der Waals surface area (Å²) in [5.41, 5.74) is 0.333. The van der Waals surface area contributed by atoms with Crippen LogP contribution >= 0.6 is 0 Å². The van der Waals surface area contributed by atoms with Gasteiger partial charge in [-0.3, -0.25) is 4.79 Å². The summed E-state index contributed by atoms with van der Waals surface area (Å²) in [6, 6.07) is 0.525. The number of nitrogens with zero attached hydrogens (tertiary/aromatic N) is 3. The molecule has 0 aromatic carbocycles. The molecule has 1 saturated heterocycles. The van der Waals surface area contributed by atoms with Gasteiger partial charge in [0.1, 0.15) is 5.60 Å². The second-order valence-electron chi connectivity index (χ2n) is 9.90. The third-order valence-corrected chi connectivity index (χ3v) is 5.93. The number of aromatic nitrogens is 2. The first kappa shape index (κ1) is 20.9. The normalized spacial score (nSPS) is 29.0. The third-order valence-electron chi connectivity index (χ3n) is 5.93. The lowest BCUT2D eigenvalue weighted by atomic mass is 9.86. The zero-order valence-corrected chi connectivity index (χ0v) is 18.0. The first-order valence-electron chi connectivity index (χ1n) is 10.7. The Bertz CT molecular complexity index is 698. The smallest absolute Gasteiger partial charge is 0.417 e. The molecule has 0 radical (unpaired) electrons. The molecule has 6 nitrogen and oxygen atoms in total. The van der Waals surface area contributed by atoms with E-state index in [2.05, 4.69) is 29.6 Å². The van der Waals surface area contributed by atoms with Crippen LogP contribution in [0.25, 0.3) is 0 Å². The van der Waals surface area contributed by atoms with E-state index in [0.717, 1.165) is 18.0 Å². The standard InChI is InChI=1S/C22H35N3O3/c1-15-6-8-19(9-7-15)24-13-18(23-14-24)11-17-10-16(2)12-25(20(17)26)21(27)28-22(3,4)5/h13-17,19H,6-12H2,1-5H3/t15-,16-,17?,19-/m1/s1. The quantitative estimate of drug-likeness (QED) is 0.758. The molecule has 156 valence electrons. The van der Waals surface area contributed by atoms with Crippen LogP contribution in [-0.2, 0) is 16.0 Å². The SMILES string of the molecule is C[C@@H]1CC(Cc2cn([C@H]3CC[C@H](C)CC3)cn2)C(=O)N(C(=O)OC(C)(C)C)C1. The molecule has 0 bridgehead atoms. The number of imidazole rings is 1. The first-order chi connectivity index (χ1) is 13.1. The number of ether oxygens (including phenoxy) is 1. The summed E-state index contributed by atoms with van der Waals surface area (Å²) in [6.07, 6.45) is 9.78. The van der Waals surface area contributed by atoms with Gasteiger partial charge < -0.3 is 9.30 Å². The van der Waals surface area contributed by atoms with E-state index in [1.165, 1.54) is 30.6 Å². The molecule has 3 rings (SSSR count). The molecule has 0 N–H and O–H groups in total. The van der Waals surface area contributed by atoms with E-state index in [9.17, 15) is 9.59 Å². The minimum atomic E-state index is -0.607. The maximum Gasteiger partial charge on any atom is 0.417 e. The van der Waals surface area contributed by atoms with Crippen molar-refractivity contribution in [2.45, 2.75) is 84.8 Å². The molecule has 1 saturated carbocycles. The van der Waals surface area contributed by atoms with Crippen LogP contribution in [0.2, 0.25) is 0 Å². The predicted octanol–water partition coefficient (Wildman–Crippen LogP) is 4.60. The molecular formula is C22H35N3O3. The van der Waals surface area contributed by atoms with Crippen LogP contribution in [0, 0.1) is 17.8 Å². The maximum atomic E-state index is 12.9. The molecule has 28 heavy (non-hydrogen) atoms. The van der Waals surface area contributed by atoms with Gasteiger partial charge in [0.15, 0.2) is 0 Å². The lowest BCUT2D eigenvalue weighted by molar-refractivity contribution is -0.138. The molecule has 2 fully saturated rings. The summed E-state index contributed by atoms with van der Waals surface area (Å²) >= 11 is 0. The van der Waals surface area contributed by atoms with Crippen LogP contribution in [0.15, 0.2) is 12.5 Å². The van der Waals surface area contributed by atoms with Gasteiger partial charge in [0.2, 0.25) is 5.91 Å². The minimum absolute atomic E-state index is 0.131. The zero-order chi connectivity index (χ0) is 20.5. The second-order valence-corrected chi connectivity index (χ2v) is 9.90. The van der Waals surface area contributed by atoms with Crippen LogP contribution in [0.1, 0.15) is 78.5 Å². The van der Waals surface area contributed by atoms with Gasteiger partial charge in [-0.25, -0.2) is 14.7 Å². The number of likely N-dealkylation sites (tertiary alicyclic amines) is 1. The van der Waals surface area contributed by atoms with Crippen molar-refractivity contribution in [2.24, 2.45) is 17.8 Å². The Morgan fingerprint density at radius 2 is 1.86 bits per heavy atom. The van der Waals surface area contributed by atoms with Gasteiger partial charge in [-0.2, -0.15) is 0 Å². The highest BCUT2D eigenvalue weighted by Gasteiger charge is 2.38. The highest BCUT2D eigenvalue weighted by Crippen LogP contribution is 2.32. The lowest BCUT2D eigenvalue weighted by Crippen LogP contribution is -2.50. The Labute approximate surface area is 168 Å². The Hall–Kier alpha value is -1.85. The molecule has 1 aromatic heterocycles. The van der Waals surface area contributed by atoms with Gasteiger partial charge in [0, 0.05) is 31.1 Å². The van der Waals surface area contributed by atoms with E-state index in [4.69, 9.17) is 4.74 Å². The monoisotopic (exact) mass is 389 g/mol. The highest BCUT2D eigenvalue weighted by molar-refractivity contribution is 5.94. The van der Waals surface area contributed by atoms with Crippen LogP contribution < -0.4 is 0 Å². The van der Waals surface area contributed by atoms with Crippen LogP contribution in [0.4, 0.5) is 4.79 Å². The van der Waals surface area contributed by atoms with E-state index < -0.39 is 11.7 Å². The topological polar surface area (TPSA) is 64.4 Å². The van der Waals surface area contributed by atoms with Crippen LogP contribution in [0.5, 0.6) is 0 Å². The molecule has 1 aliphatic heterocycles. The van der Waals surface area contributed by atoms with Crippen molar-refractivity contribution in [1.82, 2.24) is 14.5 Å². The summed E-state index contributed by atoms with van der Waals surface area (Å²) in [4.78, 5) is 31.3. The largest absolute Gasteiger partial charge is 0.443 e. The average Bonchev–Trinajstić information content (AvgIpc) is 3.05. The van der Waals surface area contributed by atoms with E-state index in [1.807, 2.05) is 27.1 Å². The molecule has 1 aliphatic carbocycles. The molecular weight excluding hydrogens is 354 g/mol. The van der Waals surface area contributed by atoms with E-state index in [-0.39, 0.29) is 17.7 Å². The molecule has 2 atom stereocenters. The lowest BCUT2D eigenvalue weighted by Gasteiger charge is -2.35. The molecule has 2 aliphatic rings. The van der Waals surface area contributed by atoms with Crippen LogP contribution in [-0.4, -0.2) is 38.6 Å². The van der Waals surface area contributed by atoms with Crippen molar-refractivity contribution in [1.29, 1.82) is 0 Å². The van der Waals surface area contributed by atoms with E-state index >= 15 is 0 Å². The van der Waals surface area contributed by atoms with Gasteiger partial charge in [0.25, 0.3) is 0 Å². The number of hydrogen-bond donors (Lipinski definition) is 0. The number of imide groups is 1. The number of amides is 2. The van der Waals surface area contributed by atoms with Crippen molar-refractivity contribution >= 4 is 12.0 Å². The average molecular weight is 390 g/mol. The third kappa shape index (κ3) is 5.15. The Morgan fingerprint density at radius 3 is 2.50 bits per heavy atom. The number of piperidine rings is 1. The zero-order valence-electron chi connectivity index (χ0n) is 18.0. The van der Waals surface area contributed by atoms with Crippen molar-refractivity contribution in [2.75, 3.05) is 6.54 Å². The molecule has 6 heteroatoms. The summed E-state index contributed by atoms with van der Waals surface area (Å²) in [7, 11) is 0. The summed E-state index contributed by atoms with van der Waals surface area (Å²) < 4.78 is 7.66. The summed E-state index contributed by atoms with van der Waals surface area (Å²) in [5.74, 6) is 0.732. The van der Waals surface area contributed by atoms with Crippen molar-refractivity contribution < 1.29 is 14.3 Å². The number of hydrogen-bond acceptors (Lipinski definition) is 4. The summed E-state index contributed by atoms with van der Waals surface area (Å²) in [6.45, 7) is 10.3. The first-order valence-corrected chi connectivity index (χ1v) is 10.7. The van der Waals surface area contributed by atoms with Crippen molar-refractivity contribution in [3.05, 3.63) is 18.2 Å². The van der Waals surface area contributed by atoms with E-state index in [0.29, 0.717) is 19.0 Å². The molecule has 1 aromatic rings. The highest BCUT2D eigenvalue weighted by atomic mass is 16.6. The van der Waals surface area contributed by atoms with Crippen LogP contribution in [0.3, 0.4) is 0 Å². The Morgan fingerprint density at radius 1 is 1.18 bits per heavy atom. The van der Waals surface area contributed by atoms with Crippen molar-refractivity contribution in [3.63, 3.8) is 0 Å². The summed E-state index contributed by atoms with van der Waals surface area (Å²) in [5, 5.41) is 0. The fraction of sp³-hybridized carbons (Fsp3) is 0.773. The fourth-order valence-electron chi connectivity index (χ4n) is 4.41. The van der Waals surface area contributed by atoms with Crippen molar-refractivity contribution in [3.8, 4) is 0 Å². The second kappa shape index (κ2) is 8.26. The Kier molecular flexibility index (Phi) is 6.15. The Balaban J connectivity index is 1.65. The molecule has 2 amide bonds. The predicted molar refractivity (Wildman–Crippen MR) is 108 cm³/mol. The molecule has 2 heterocycles. The maximum absolute atomic E-state index is 12.9. The van der Waals surface area contributed by atoms with Gasteiger partial charge in [0.05, 0.1) is 12.0 Å². The number of carbonyl (C=O) groups excluding carboxylic acids is 2. The van der Waals surface area contributed by atoms with Gasteiger partial charge in [-0.1, -0.05) is 13.8 Å². The molecule has 0 spiro atoms. The van der Waals surface area contributed by atoms with Gasteiger partial charge in [-0.15, -0.1) is 0 Å². The molecule has 1 unspecified atom stereocenters. The van der Waals surface area contributed by atoms with Gasteiger partial charge in [-0.05, 0) is 64.7 Å². The number of rotatable bonds is 3. The van der Waals surface area contributed by atoms with Gasteiger partial charge >= 0.3 is 6.09 Å². The minimum Gasteiger partial charge on any atom is -0.443 e. The fourth-order valence-corrected chi connectivity index (χ4v) is 4.41.